The van der Waals surface area contributed by atoms with Crippen LogP contribution in [0, 0.1) is 0 Å². The average Bonchev–Trinajstić information content (AvgIpc) is 2.80. The van der Waals surface area contributed by atoms with Crippen LogP contribution < -0.4 is 37.2 Å². The van der Waals surface area contributed by atoms with Gasteiger partial charge in [0.05, 0.1) is 12.1 Å². The molecule has 2 atom stereocenters. The summed E-state index contributed by atoms with van der Waals surface area (Å²) in [5.74, 6) is 0.637. The minimum absolute atomic E-state index is 0. The van der Waals surface area contributed by atoms with Crippen molar-refractivity contribution in [2.24, 2.45) is 9.98 Å². The molecule has 2 aromatic rings. The molecule has 8 heteroatoms. The molecule has 4 nitrogen and oxygen atoms in total. The Kier molecular flexibility index (Phi) is 16.9. The number of nitrogens with zero attached hydrogens (tertiary/aromatic N) is 2. The van der Waals surface area contributed by atoms with E-state index in [1.807, 2.05) is 12.4 Å². The van der Waals surface area contributed by atoms with Crippen molar-refractivity contribution in [1.29, 1.82) is 0 Å². The van der Waals surface area contributed by atoms with Gasteiger partial charge < -0.3 is 47.4 Å². The van der Waals surface area contributed by atoms with E-state index in [2.05, 4.69) is 107 Å². The van der Waals surface area contributed by atoms with Crippen LogP contribution in [0.15, 0.2) is 34.3 Å². The molecular weight excluding hydrogens is 626 g/mol. The van der Waals surface area contributed by atoms with Gasteiger partial charge in [0.25, 0.3) is 0 Å². The predicted molar refractivity (Wildman–Crippen MR) is 178 cm³/mol. The van der Waals surface area contributed by atoms with Crippen LogP contribution in [0.1, 0.15) is 142 Å². The van der Waals surface area contributed by atoms with Crippen LogP contribution in [-0.4, -0.2) is 52.1 Å². The van der Waals surface area contributed by atoms with Crippen molar-refractivity contribution in [3.05, 3.63) is 57.6 Å². The zero-order valence-corrected chi connectivity index (χ0v) is 32.4. The summed E-state index contributed by atoms with van der Waals surface area (Å²) in [5, 5.41) is 22.5. The van der Waals surface area contributed by atoms with Gasteiger partial charge in [0.2, 0.25) is 0 Å². The van der Waals surface area contributed by atoms with E-state index in [9.17, 15) is 10.2 Å². The molecule has 0 aromatic heterocycles. The van der Waals surface area contributed by atoms with Crippen LogP contribution >= 0.6 is 0 Å². The number of phenols is 2. The van der Waals surface area contributed by atoms with E-state index >= 15 is 0 Å². The van der Waals surface area contributed by atoms with Crippen molar-refractivity contribution in [3.8, 4) is 11.5 Å². The second-order valence-corrected chi connectivity index (χ2v) is 15.9. The number of aromatic hydroxyl groups is 2. The van der Waals surface area contributed by atoms with Crippen LogP contribution in [0.25, 0.3) is 0 Å². The summed E-state index contributed by atoms with van der Waals surface area (Å²) in [5.41, 5.74) is 5.39. The van der Waals surface area contributed by atoms with E-state index in [1.54, 1.807) is 0 Å². The maximum absolute atomic E-state index is 11.2. The summed E-state index contributed by atoms with van der Waals surface area (Å²) >= 11 is 0. The van der Waals surface area contributed by atoms with Crippen molar-refractivity contribution >= 4 is 29.8 Å². The summed E-state index contributed by atoms with van der Waals surface area (Å²) in [7, 11) is 0. The van der Waals surface area contributed by atoms with Gasteiger partial charge >= 0.3 is 17.4 Å². The summed E-state index contributed by atoms with van der Waals surface area (Å²) < 4.78 is 0. The van der Waals surface area contributed by atoms with Gasteiger partial charge in [0, 0.05) is 34.7 Å². The first kappa shape index (κ1) is 44.9. The molecule has 244 valence electrons. The number of rotatable bonds is 4. The van der Waals surface area contributed by atoms with Crippen molar-refractivity contribution in [1.82, 2.24) is 0 Å². The van der Waals surface area contributed by atoms with Gasteiger partial charge in [-0.05, 0) is 57.8 Å². The SMILES string of the molecule is CC(C)(C)c1cc(C=N[C@@H]2CCCC[C@H]2N=Cc2cc(C(C)(C)C)cc(C(C)(C)C)c2O)c(O)c(C(C)(C)C)c1.[Al+3].[Cl-].[Cl-].[Cl-]. The molecular formula is C36H54AlCl3N2O2. The summed E-state index contributed by atoms with van der Waals surface area (Å²) in [6, 6.07) is 8.53. The molecule has 0 amide bonds. The molecule has 0 radical (unpaired) electrons. The fraction of sp³-hybridized carbons (Fsp3) is 0.611. The topological polar surface area (TPSA) is 65.2 Å². The van der Waals surface area contributed by atoms with Gasteiger partial charge in [-0.2, -0.15) is 0 Å². The van der Waals surface area contributed by atoms with Crippen molar-refractivity contribution < 1.29 is 47.4 Å². The fourth-order valence-corrected chi connectivity index (χ4v) is 5.31. The maximum atomic E-state index is 11.2. The molecule has 1 aliphatic carbocycles. The largest absolute Gasteiger partial charge is 3.00 e. The molecule has 44 heavy (non-hydrogen) atoms. The third kappa shape index (κ3) is 11.2. The maximum Gasteiger partial charge on any atom is 3.00 e. The summed E-state index contributed by atoms with van der Waals surface area (Å²) in [4.78, 5) is 10.1. The van der Waals surface area contributed by atoms with Gasteiger partial charge in [0.1, 0.15) is 11.5 Å². The monoisotopic (exact) mass is 678 g/mol. The first-order chi connectivity index (χ1) is 18.2. The minimum Gasteiger partial charge on any atom is -1.00 e. The molecule has 0 aliphatic heterocycles. The van der Waals surface area contributed by atoms with Crippen LogP contribution in [0.5, 0.6) is 11.5 Å². The van der Waals surface area contributed by atoms with Gasteiger partial charge in [-0.25, -0.2) is 0 Å². The number of hydrogen-bond donors (Lipinski definition) is 2. The second-order valence-electron chi connectivity index (χ2n) is 15.9. The Bertz CT molecular complexity index is 1180. The Hall–Kier alpha value is -1.22. The quantitative estimate of drug-likeness (QED) is 0.347. The Morgan fingerprint density at radius 3 is 1.09 bits per heavy atom. The van der Waals surface area contributed by atoms with Crippen molar-refractivity contribution in [2.75, 3.05) is 0 Å². The van der Waals surface area contributed by atoms with Crippen LogP contribution in [0.2, 0.25) is 0 Å². The molecule has 1 fully saturated rings. The van der Waals surface area contributed by atoms with E-state index in [4.69, 9.17) is 9.98 Å². The molecule has 0 heterocycles. The molecule has 0 spiro atoms. The van der Waals surface area contributed by atoms with Crippen molar-refractivity contribution in [3.63, 3.8) is 0 Å². The van der Waals surface area contributed by atoms with E-state index in [0.717, 1.165) is 47.9 Å². The van der Waals surface area contributed by atoms with Gasteiger partial charge in [-0.15, -0.1) is 0 Å². The van der Waals surface area contributed by atoms with Crippen LogP contribution in [-0.2, 0) is 21.7 Å². The number of hydrogen-bond acceptors (Lipinski definition) is 4. The van der Waals surface area contributed by atoms with Crippen LogP contribution in [0.3, 0.4) is 0 Å². The third-order valence-corrected chi connectivity index (χ3v) is 8.13. The molecule has 0 bridgehead atoms. The first-order valence-corrected chi connectivity index (χ1v) is 15.0. The molecule has 1 aliphatic rings. The smallest absolute Gasteiger partial charge is 1.00 e. The molecule has 1 saturated carbocycles. The Balaban J connectivity index is 0. The number of benzene rings is 2. The molecule has 0 unspecified atom stereocenters. The fourth-order valence-electron chi connectivity index (χ4n) is 5.31. The molecule has 3 rings (SSSR count). The van der Waals surface area contributed by atoms with E-state index < -0.39 is 0 Å². The van der Waals surface area contributed by atoms with Gasteiger partial charge in [0.15, 0.2) is 0 Å². The second kappa shape index (κ2) is 16.6. The van der Waals surface area contributed by atoms with E-state index in [-0.39, 0.29) is 88.3 Å². The zero-order chi connectivity index (χ0) is 30.3. The Morgan fingerprint density at radius 1 is 0.545 bits per heavy atom. The standard InChI is InChI=1S/C36H54N2O2.Al.3ClH/c1-33(2,3)25-17-23(31(39)27(19-25)35(7,8)9)21-37-29-15-13-14-16-30(29)38-22-24-18-26(34(4,5)6)20-28(32(24)40)36(10,11)12;;;;/h17-22,29-30,39-40H,13-16H2,1-12H3;;3*1H/q;+3;;;/p-3/t29-,30-;;;;/m1..../s1. The van der Waals surface area contributed by atoms with E-state index in [1.165, 1.54) is 11.1 Å². The number of halogens is 3. The Labute approximate surface area is 297 Å². The number of phenolic OH excluding ortho intramolecular Hbond substituents is 2. The number of aliphatic imine (C=N–C) groups is 2. The predicted octanol–water partition coefficient (Wildman–Crippen LogP) is -0.232. The summed E-state index contributed by atoms with van der Waals surface area (Å²) in [6.07, 6.45) is 7.90. The molecule has 0 saturated heterocycles. The normalized spacial score (nSPS) is 17.8. The summed E-state index contributed by atoms with van der Waals surface area (Å²) in [6.45, 7) is 26.0. The van der Waals surface area contributed by atoms with Gasteiger partial charge in [-0.3, -0.25) is 9.98 Å². The van der Waals surface area contributed by atoms with Crippen LogP contribution in [0.4, 0.5) is 0 Å². The molecule has 2 N–H and O–H groups in total. The van der Waals surface area contributed by atoms with Crippen molar-refractivity contribution in [2.45, 2.75) is 143 Å². The zero-order valence-electron chi connectivity index (χ0n) is 28.9. The van der Waals surface area contributed by atoms with E-state index in [0.29, 0.717) is 11.5 Å². The van der Waals surface area contributed by atoms with Gasteiger partial charge in [-0.1, -0.05) is 108 Å². The first-order valence-electron chi connectivity index (χ1n) is 15.0. The Morgan fingerprint density at radius 2 is 0.841 bits per heavy atom. The average molecular weight is 680 g/mol. The third-order valence-electron chi connectivity index (χ3n) is 8.13. The molecule has 2 aromatic carbocycles. The minimum atomic E-state index is -0.179.